The van der Waals surface area contributed by atoms with Crippen LogP contribution in [-0.4, -0.2) is 31.7 Å². The maximum atomic E-state index is 12.4. The van der Waals surface area contributed by atoms with Crippen LogP contribution in [0.25, 0.3) is 10.6 Å². The molecule has 0 radical (unpaired) electrons. The lowest BCUT2D eigenvalue weighted by molar-refractivity contribution is 0.0600. The molecule has 3 rings (SSSR count). The van der Waals surface area contributed by atoms with Crippen LogP contribution in [0, 0.1) is 0 Å². The van der Waals surface area contributed by atoms with Gasteiger partial charge in [0.25, 0.3) is 0 Å². The molecule has 140 valence electrons. The van der Waals surface area contributed by atoms with Gasteiger partial charge in [-0.3, -0.25) is 4.72 Å². The number of carbonyl (C=O) groups excluding carboxylic acids is 1. The van der Waals surface area contributed by atoms with E-state index in [-0.39, 0.29) is 16.4 Å². The summed E-state index contributed by atoms with van der Waals surface area (Å²) in [4.78, 5) is 11.6. The van der Waals surface area contributed by atoms with Crippen LogP contribution in [0.3, 0.4) is 0 Å². The number of rotatable bonds is 6. The van der Waals surface area contributed by atoms with Gasteiger partial charge in [0.1, 0.15) is 0 Å². The number of sulfonamides is 1. The number of esters is 1. The number of halogens is 1. The van der Waals surface area contributed by atoms with Crippen LogP contribution in [0.15, 0.2) is 48.5 Å². The number of nitrogens with one attached hydrogen (secondary N) is 1. The average molecular weight is 424 g/mol. The van der Waals surface area contributed by atoms with E-state index in [4.69, 9.17) is 11.6 Å². The van der Waals surface area contributed by atoms with Gasteiger partial charge in [-0.1, -0.05) is 53.3 Å². The summed E-state index contributed by atoms with van der Waals surface area (Å²) in [7, 11) is -2.48. The quantitative estimate of drug-likeness (QED) is 0.608. The molecule has 0 atom stereocenters. The maximum Gasteiger partial charge on any atom is 0.337 e. The summed E-state index contributed by atoms with van der Waals surface area (Å²) in [5.74, 6) is -0.852. The van der Waals surface area contributed by atoms with Crippen molar-refractivity contribution < 1.29 is 17.9 Å². The number of hydrogen-bond donors (Lipinski definition) is 1. The fraction of sp³-hybridized carbons (Fsp3) is 0.118. The van der Waals surface area contributed by atoms with Crippen LogP contribution in [0.5, 0.6) is 0 Å². The summed E-state index contributed by atoms with van der Waals surface area (Å²) < 4.78 is 31.9. The van der Waals surface area contributed by atoms with Crippen molar-refractivity contribution in [1.82, 2.24) is 10.2 Å². The number of hydrogen-bond acceptors (Lipinski definition) is 7. The Labute approximate surface area is 165 Å². The Kier molecular flexibility index (Phi) is 5.73. The summed E-state index contributed by atoms with van der Waals surface area (Å²) in [6.07, 6.45) is 0. The SMILES string of the molecule is COC(=O)c1cccc(CS(=O)(=O)Nc2nnc(-c3ccccc3Cl)s2)c1. The van der Waals surface area contributed by atoms with Gasteiger partial charge in [0, 0.05) is 5.56 Å². The fourth-order valence-electron chi connectivity index (χ4n) is 2.30. The van der Waals surface area contributed by atoms with Gasteiger partial charge in [0.2, 0.25) is 15.2 Å². The Morgan fingerprint density at radius 3 is 2.70 bits per heavy atom. The van der Waals surface area contributed by atoms with Crippen LogP contribution < -0.4 is 4.72 Å². The van der Waals surface area contributed by atoms with Gasteiger partial charge in [-0.2, -0.15) is 0 Å². The summed E-state index contributed by atoms with van der Waals surface area (Å²) in [5.41, 5.74) is 1.40. The van der Waals surface area contributed by atoms with Crippen molar-refractivity contribution in [3.8, 4) is 10.6 Å². The third-order valence-electron chi connectivity index (χ3n) is 3.48. The van der Waals surface area contributed by atoms with Crippen LogP contribution in [0.1, 0.15) is 15.9 Å². The van der Waals surface area contributed by atoms with E-state index in [0.29, 0.717) is 21.2 Å². The highest BCUT2D eigenvalue weighted by Gasteiger charge is 2.17. The van der Waals surface area contributed by atoms with Crippen molar-refractivity contribution in [2.24, 2.45) is 0 Å². The Hall–Kier alpha value is -2.49. The first-order valence-corrected chi connectivity index (χ1v) is 10.5. The molecule has 0 bridgehead atoms. The molecule has 10 heteroatoms. The van der Waals surface area contributed by atoms with Gasteiger partial charge in [0.05, 0.1) is 23.4 Å². The lowest BCUT2D eigenvalue weighted by Crippen LogP contribution is -2.15. The van der Waals surface area contributed by atoms with Crippen molar-refractivity contribution in [3.63, 3.8) is 0 Å². The van der Waals surface area contributed by atoms with E-state index in [2.05, 4.69) is 19.7 Å². The number of anilines is 1. The molecule has 0 amide bonds. The molecular formula is C17H14ClN3O4S2. The van der Waals surface area contributed by atoms with Crippen LogP contribution in [0.4, 0.5) is 5.13 Å². The Morgan fingerprint density at radius 1 is 1.19 bits per heavy atom. The molecule has 0 unspecified atom stereocenters. The monoisotopic (exact) mass is 423 g/mol. The molecule has 1 heterocycles. The van der Waals surface area contributed by atoms with Crippen LogP contribution in [-0.2, 0) is 20.5 Å². The molecule has 0 saturated carbocycles. The number of methoxy groups -OCH3 is 1. The summed E-state index contributed by atoms with van der Waals surface area (Å²) in [6.45, 7) is 0. The zero-order valence-corrected chi connectivity index (χ0v) is 16.4. The van der Waals surface area contributed by atoms with Crippen molar-refractivity contribution in [2.45, 2.75) is 5.75 Å². The topological polar surface area (TPSA) is 98.2 Å². The standard InChI is InChI=1S/C17H14ClN3O4S2/c1-25-16(22)12-6-4-5-11(9-12)10-27(23,24)21-17-20-19-15(26-17)13-7-2-3-8-14(13)18/h2-9H,10H2,1H3,(H,20,21). The second kappa shape index (κ2) is 8.03. The average Bonchev–Trinajstić information content (AvgIpc) is 3.08. The number of carbonyl (C=O) groups is 1. The molecule has 0 aliphatic heterocycles. The molecule has 27 heavy (non-hydrogen) atoms. The molecule has 1 N–H and O–H groups in total. The second-order valence-electron chi connectivity index (χ2n) is 5.45. The predicted molar refractivity (Wildman–Crippen MR) is 104 cm³/mol. The van der Waals surface area contributed by atoms with Gasteiger partial charge in [-0.05, 0) is 23.8 Å². The lowest BCUT2D eigenvalue weighted by Gasteiger charge is -2.06. The molecule has 1 aromatic heterocycles. The van der Waals surface area contributed by atoms with E-state index in [1.165, 1.54) is 13.2 Å². The van der Waals surface area contributed by atoms with E-state index >= 15 is 0 Å². The third kappa shape index (κ3) is 4.82. The number of aromatic nitrogens is 2. The fourth-order valence-corrected chi connectivity index (χ4v) is 4.76. The summed E-state index contributed by atoms with van der Waals surface area (Å²) in [5, 5.41) is 8.99. The van der Waals surface area contributed by atoms with Crippen molar-refractivity contribution in [2.75, 3.05) is 11.8 Å². The Morgan fingerprint density at radius 2 is 1.96 bits per heavy atom. The Balaban J connectivity index is 1.76. The molecule has 0 saturated heterocycles. The zero-order chi connectivity index (χ0) is 19.4. The van der Waals surface area contributed by atoms with E-state index in [1.807, 2.05) is 0 Å². The van der Waals surface area contributed by atoms with Gasteiger partial charge >= 0.3 is 5.97 Å². The molecule has 0 aliphatic carbocycles. The predicted octanol–water partition coefficient (Wildman–Crippen LogP) is 3.59. The normalized spacial score (nSPS) is 11.2. The number of nitrogens with zero attached hydrogens (tertiary/aromatic N) is 2. The summed E-state index contributed by atoms with van der Waals surface area (Å²) in [6, 6.07) is 13.3. The molecule has 7 nitrogen and oxygen atoms in total. The van der Waals surface area contributed by atoms with Crippen molar-refractivity contribution in [3.05, 3.63) is 64.7 Å². The first-order chi connectivity index (χ1) is 12.9. The highest BCUT2D eigenvalue weighted by atomic mass is 35.5. The summed E-state index contributed by atoms with van der Waals surface area (Å²) >= 11 is 7.20. The largest absolute Gasteiger partial charge is 0.465 e. The first kappa shape index (κ1) is 19.3. The van der Waals surface area contributed by atoms with Gasteiger partial charge in [0.15, 0.2) is 5.01 Å². The van der Waals surface area contributed by atoms with E-state index in [0.717, 1.165) is 11.3 Å². The van der Waals surface area contributed by atoms with Crippen molar-refractivity contribution in [1.29, 1.82) is 0 Å². The Bertz CT molecular complexity index is 1080. The molecule has 3 aromatic rings. The first-order valence-electron chi connectivity index (χ1n) is 7.64. The minimum absolute atomic E-state index is 0.133. The van der Waals surface area contributed by atoms with E-state index in [1.54, 1.807) is 42.5 Å². The van der Waals surface area contributed by atoms with Gasteiger partial charge in [-0.25, -0.2) is 13.2 Å². The zero-order valence-electron chi connectivity index (χ0n) is 14.0. The molecular weight excluding hydrogens is 410 g/mol. The van der Waals surface area contributed by atoms with E-state index in [9.17, 15) is 13.2 Å². The molecule has 2 aromatic carbocycles. The third-order valence-corrected chi connectivity index (χ3v) is 6.03. The molecule has 0 aliphatic rings. The van der Waals surface area contributed by atoms with E-state index < -0.39 is 16.0 Å². The number of benzene rings is 2. The van der Waals surface area contributed by atoms with Gasteiger partial charge in [-0.15, -0.1) is 10.2 Å². The van der Waals surface area contributed by atoms with Crippen LogP contribution >= 0.6 is 22.9 Å². The lowest BCUT2D eigenvalue weighted by atomic mass is 10.1. The highest BCUT2D eigenvalue weighted by molar-refractivity contribution is 7.92. The minimum Gasteiger partial charge on any atom is -0.465 e. The molecule has 0 fully saturated rings. The smallest absolute Gasteiger partial charge is 0.337 e. The highest BCUT2D eigenvalue weighted by Crippen LogP contribution is 2.32. The second-order valence-corrected chi connectivity index (χ2v) is 8.55. The maximum absolute atomic E-state index is 12.4. The van der Waals surface area contributed by atoms with Gasteiger partial charge < -0.3 is 4.74 Å². The minimum atomic E-state index is -3.74. The van der Waals surface area contributed by atoms with Crippen molar-refractivity contribution >= 4 is 44.1 Å². The number of ether oxygens (including phenoxy) is 1. The molecule has 0 spiro atoms. The van der Waals surface area contributed by atoms with Crippen LogP contribution in [0.2, 0.25) is 5.02 Å².